The van der Waals surface area contributed by atoms with Gasteiger partial charge in [0, 0.05) is 12.8 Å². The van der Waals surface area contributed by atoms with Crippen molar-refractivity contribution in [2.75, 3.05) is 0 Å². The van der Waals surface area contributed by atoms with E-state index in [0.717, 1.165) is 12.8 Å². The summed E-state index contributed by atoms with van der Waals surface area (Å²) in [5.74, 6) is -1.69. The lowest BCUT2D eigenvalue weighted by atomic mass is 9.72. The fourth-order valence-electron chi connectivity index (χ4n) is 2.65. The number of esters is 1. The number of hydrogen-bond acceptors (Lipinski definition) is 3. The van der Waals surface area contributed by atoms with Crippen molar-refractivity contribution in [2.24, 2.45) is 11.8 Å². The van der Waals surface area contributed by atoms with Gasteiger partial charge in [-0.15, -0.1) is 0 Å². The van der Waals surface area contributed by atoms with Crippen LogP contribution < -0.4 is 0 Å². The van der Waals surface area contributed by atoms with Crippen LogP contribution in [0, 0.1) is 11.8 Å². The highest BCUT2D eigenvalue weighted by atomic mass is 16.6. The minimum atomic E-state index is -1.43. The van der Waals surface area contributed by atoms with Gasteiger partial charge in [-0.25, -0.2) is 4.79 Å². The second-order valence-electron chi connectivity index (χ2n) is 5.02. The molecule has 0 saturated heterocycles. The molecule has 0 aromatic rings. The number of carboxylic acids is 1. The summed E-state index contributed by atoms with van der Waals surface area (Å²) in [6, 6.07) is 0. The lowest BCUT2D eigenvalue weighted by molar-refractivity contribution is -0.184. The van der Waals surface area contributed by atoms with Gasteiger partial charge in [0.1, 0.15) is 0 Å². The van der Waals surface area contributed by atoms with Crippen LogP contribution in [0.1, 0.15) is 40.5 Å². The van der Waals surface area contributed by atoms with Gasteiger partial charge in [0.2, 0.25) is 5.60 Å². The lowest BCUT2D eigenvalue weighted by Crippen LogP contribution is -2.49. The molecule has 0 amide bonds. The van der Waals surface area contributed by atoms with Crippen molar-refractivity contribution in [3.63, 3.8) is 0 Å². The van der Waals surface area contributed by atoms with Crippen molar-refractivity contribution in [2.45, 2.75) is 46.1 Å². The van der Waals surface area contributed by atoms with Crippen molar-refractivity contribution < 1.29 is 19.4 Å². The Morgan fingerprint density at radius 2 is 2.12 bits per heavy atom. The van der Waals surface area contributed by atoms with Gasteiger partial charge in [0.25, 0.3) is 0 Å². The molecule has 4 heteroatoms. The van der Waals surface area contributed by atoms with E-state index in [0.29, 0.717) is 0 Å². The predicted octanol–water partition coefficient (Wildman–Crippen LogP) is 2.39. The van der Waals surface area contributed by atoms with E-state index < -0.39 is 17.5 Å². The van der Waals surface area contributed by atoms with E-state index in [-0.39, 0.29) is 11.8 Å². The summed E-state index contributed by atoms with van der Waals surface area (Å²) in [5.41, 5.74) is -0.160. The Kier molecular flexibility index (Phi) is 3.96. The number of ether oxygens (including phenoxy) is 1. The highest BCUT2D eigenvalue weighted by Crippen LogP contribution is 2.38. The van der Waals surface area contributed by atoms with Crippen molar-refractivity contribution in [1.82, 2.24) is 0 Å². The van der Waals surface area contributed by atoms with Crippen LogP contribution in [-0.2, 0) is 14.3 Å². The molecule has 96 valence electrons. The minimum Gasteiger partial charge on any atom is -0.478 e. The van der Waals surface area contributed by atoms with E-state index in [1.807, 2.05) is 13.8 Å². The van der Waals surface area contributed by atoms with Crippen LogP contribution in [-0.4, -0.2) is 22.6 Å². The summed E-state index contributed by atoms with van der Waals surface area (Å²) < 4.78 is 5.08. The number of rotatable bonds is 3. The molecular weight excluding hydrogens is 220 g/mol. The first-order valence-electron chi connectivity index (χ1n) is 5.87. The van der Waals surface area contributed by atoms with Gasteiger partial charge in [-0.3, -0.25) is 4.79 Å². The highest BCUT2D eigenvalue weighted by molar-refractivity contribution is 5.81. The Labute approximate surface area is 102 Å². The number of carbonyl (C=O) groups is 2. The zero-order chi connectivity index (χ0) is 13.2. The molecule has 0 aromatic carbocycles. The van der Waals surface area contributed by atoms with Gasteiger partial charge in [-0.1, -0.05) is 18.6 Å². The normalized spacial score (nSPS) is 27.9. The molecule has 4 nitrogen and oxygen atoms in total. The van der Waals surface area contributed by atoms with Crippen LogP contribution in [0.25, 0.3) is 0 Å². The predicted molar refractivity (Wildman–Crippen MR) is 63.5 cm³/mol. The van der Waals surface area contributed by atoms with Crippen LogP contribution in [0.4, 0.5) is 0 Å². The molecular formula is C13H20O4. The molecule has 17 heavy (non-hydrogen) atoms. The summed E-state index contributed by atoms with van der Waals surface area (Å²) in [4.78, 5) is 22.5. The van der Waals surface area contributed by atoms with Gasteiger partial charge < -0.3 is 9.84 Å². The average Bonchev–Trinajstić information content (AvgIpc) is 2.15. The molecule has 1 aliphatic rings. The SMILES string of the molecule is CC(=O)OC(C)(C(=O)O)C1CCC(C)=CC1C. The Balaban J connectivity index is 3.00. The highest BCUT2D eigenvalue weighted by Gasteiger charge is 2.47. The topological polar surface area (TPSA) is 63.6 Å². The molecule has 0 aliphatic heterocycles. The van der Waals surface area contributed by atoms with E-state index in [1.165, 1.54) is 19.4 Å². The first kappa shape index (κ1) is 13.7. The van der Waals surface area contributed by atoms with E-state index >= 15 is 0 Å². The van der Waals surface area contributed by atoms with Gasteiger partial charge in [-0.05, 0) is 32.6 Å². The zero-order valence-electron chi connectivity index (χ0n) is 10.8. The number of carboxylic acid groups (broad SMARTS) is 1. The molecule has 0 saturated carbocycles. The average molecular weight is 240 g/mol. The fraction of sp³-hybridized carbons (Fsp3) is 0.692. The summed E-state index contributed by atoms with van der Waals surface area (Å²) in [5, 5.41) is 9.32. The minimum absolute atomic E-state index is 0.101. The van der Waals surface area contributed by atoms with Gasteiger partial charge in [0.05, 0.1) is 0 Å². The molecule has 0 aromatic heterocycles. The van der Waals surface area contributed by atoms with Crippen molar-refractivity contribution in [3.05, 3.63) is 11.6 Å². The van der Waals surface area contributed by atoms with Gasteiger partial charge in [-0.2, -0.15) is 0 Å². The van der Waals surface area contributed by atoms with Crippen molar-refractivity contribution >= 4 is 11.9 Å². The third kappa shape index (κ3) is 2.87. The monoisotopic (exact) mass is 240 g/mol. The molecule has 0 bridgehead atoms. The number of aliphatic carboxylic acids is 1. The van der Waals surface area contributed by atoms with Crippen LogP contribution >= 0.6 is 0 Å². The maximum Gasteiger partial charge on any atom is 0.348 e. The van der Waals surface area contributed by atoms with Crippen molar-refractivity contribution in [3.8, 4) is 0 Å². The first-order chi connectivity index (χ1) is 7.77. The van der Waals surface area contributed by atoms with Crippen LogP contribution in [0.2, 0.25) is 0 Å². The Hall–Kier alpha value is -1.32. The second kappa shape index (κ2) is 4.90. The van der Waals surface area contributed by atoms with E-state index in [1.54, 1.807) is 0 Å². The summed E-state index contributed by atoms with van der Waals surface area (Å²) in [7, 11) is 0. The molecule has 1 rings (SSSR count). The fourth-order valence-corrected chi connectivity index (χ4v) is 2.65. The molecule has 0 heterocycles. The van der Waals surface area contributed by atoms with Crippen LogP contribution in [0.3, 0.4) is 0 Å². The largest absolute Gasteiger partial charge is 0.478 e. The lowest BCUT2D eigenvalue weighted by Gasteiger charge is -2.38. The number of carbonyl (C=O) groups excluding carboxylic acids is 1. The van der Waals surface area contributed by atoms with Crippen molar-refractivity contribution in [1.29, 1.82) is 0 Å². The van der Waals surface area contributed by atoms with Crippen LogP contribution in [0.15, 0.2) is 11.6 Å². The maximum atomic E-state index is 11.4. The maximum absolute atomic E-state index is 11.4. The quantitative estimate of drug-likeness (QED) is 0.607. The summed E-state index contributed by atoms with van der Waals surface area (Å²) in [6.45, 7) is 6.75. The Morgan fingerprint density at radius 1 is 1.53 bits per heavy atom. The smallest absolute Gasteiger partial charge is 0.348 e. The second-order valence-corrected chi connectivity index (χ2v) is 5.02. The third-order valence-electron chi connectivity index (χ3n) is 3.52. The zero-order valence-corrected chi connectivity index (χ0v) is 10.8. The third-order valence-corrected chi connectivity index (χ3v) is 3.52. The summed E-state index contributed by atoms with van der Waals surface area (Å²) >= 11 is 0. The molecule has 3 atom stereocenters. The molecule has 0 fully saturated rings. The Bertz CT molecular complexity index is 358. The van der Waals surface area contributed by atoms with Gasteiger partial charge in [0.15, 0.2) is 0 Å². The molecule has 0 radical (unpaired) electrons. The first-order valence-corrected chi connectivity index (χ1v) is 5.87. The molecule has 3 unspecified atom stereocenters. The molecule has 0 spiro atoms. The van der Waals surface area contributed by atoms with E-state index in [9.17, 15) is 14.7 Å². The van der Waals surface area contributed by atoms with E-state index in [4.69, 9.17) is 4.74 Å². The standard InChI is InChI=1S/C13H20O4/c1-8-5-6-11(9(2)7-8)13(4,12(15)16)17-10(3)14/h7,9,11H,5-6H2,1-4H3,(H,15,16). The van der Waals surface area contributed by atoms with Gasteiger partial charge >= 0.3 is 11.9 Å². The summed E-state index contributed by atoms with van der Waals surface area (Å²) in [6.07, 6.45) is 3.66. The molecule has 1 N–H and O–H groups in total. The number of hydrogen-bond donors (Lipinski definition) is 1. The number of allylic oxidation sites excluding steroid dienone is 2. The molecule has 1 aliphatic carbocycles. The van der Waals surface area contributed by atoms with E-state index in [2.05, 4.69) is 6.08 Å². The van der Waals surface area contributed by atoms with Crippen LogP contribution in [0.5, 0.6) is 0 Å². The Morgan fingerprint density at radius 3 is 2.53 bits per heavy atom.